The van der Waals surface area contributed by atoms with Crippen molar-refractivity contribution in [2.24, 2.45) is 0 Å². The topological polar surface area (TPSA) is 4.93 Å². The molecule has 0 bridgehead atoms. The third-order valence-electron chi connectivity index (χ3n) is 12.1. The van der Waals surface area contributed by atoms with Crippen LogP contribution in [0.5, 0.6) is 0 Å². The second kappa shape index (κ2) is 11.6. The van der Waals surface area contributed by atoms with Crippen LogP contribution in [-0.2, 0) is 5.41 Å². The van der Waals surface area contributed by atoms with Gasteiger partial charge in [0.25, 0.3) is 0 Å². The minimum atomic E-state index is -0.497. The molecule has 1 nitrogen and oxygen atoms in total. The van der Waals surface area contributed by atoms with E-state index >= 15 is 0 Å². The molecule has 256 valence electrons. The average molecular weight is 716 g/mol. The number of thiophene rings is 1. The number of hydrogen-bond acceptors (Lipinski definition) is 1. The van der Waals surface area contributed by atoms with Gasteiger partial charge in [0.05, 0.1) is 16.4 Å². The normalized spacial score (nSPS) is 13.2. The molecule has 9 aromatic carbocycles. The Labute approximate surface area is 323 Å². The van der Waals surface area contributed by atoms with Crippen LogP contribution in [0.25, 0.3) is 80.7 Å². The predicted octanol–water partition coefficient (Wildman–Crippen LogP) is 14.3. The second-order valence-corrected chi connectivity index (χ2v) is 15.9. The molecule has 0 fully saturated rings. The van der Waals surface area contributed by atoms with Gasteiger partial charge in [-0.25, -0.2) is 0 Å². The smallest absolute Gasteiger partial charge is 0.0714 e. The summed E-state index contributed by atoms with van der Waals surface area (Å²) in [5.74, 6) is 0. The Morgan fingerprint density at radius 2 is 0.945 bits per heavy atom. The number of fused-ring (bicyclic) bond motifs is 10. The highest BCUT2D eigenvalue weighted by atomic mass is 32.1. The zero-order valence-electron chi connectivity index (χ0n) is 29.9. The van der Waals surface area contributed by atoms with E-state index in [1.165, 1.54) is 97.3 Å². The number of nitrogens with zero attached hydrogens (tertiary/aromatic N) is 1. The first kappa shape index (κ1) is 30.7. The molecule has 0 unspecified atom stereocenters. The van der Waals surface area contributed by atoms with Crippen molar-refractivity contribution in [1.29, 1.82) is 0 Å². The highest BCUT2D eigenvalue weighted by molar-refractivity contribution is 7.25. The van der Waals surface area contributed by atoms with Gasteiger partial charge < -0.3 is 4.57 Å². The molecule has 0 saturated carbocycles. The maximum Gasteiger partial charge on any atom is 0.0714 e. The number of rotatable bonds is 4. The van der Waals surface area contributed by atoms with E-state index in [0.717, 1.165) is 5.69 Å². The van der Waals surface area contributed by atoms with Gasteiger partial charge in [0, 0.05) is 36.6 Å². The SMILES string of the molecule is c1ccc2c(c1)-c1ccccc1C2(c1ccc2sc3ccccc3c2c1)c1ccc2c(c1)c1ccccc1n2-c1ccc(-c2ccc3ccccc3c2)cc1. The fraction of sp³-hybridized carbons (Fsp3) is 0.0189. The first-order valence-electron chi connectivity index (χ1n) is 19.0. The second-order valence-electron chi connectivity index (χ2n) is 14.8. The van der Waals surface area contributed by atoms with Gasteiger partial charge in [0.15, 0.2) is 0 Å². The van der Waals surface area contributed by atoms with E-state index < -0.39 is 5.41 Å². The Hall–Kier alpha value is -6.74. The molecule has 11 aromatic rings. The third-order valence-corrected chi connectivity index (χ3v) is 13.2. The van der Waals surface area contributed by atoms with Crippen molar-refractivity contribution in [2.75, 3.05) is 0 Å². The van der Waals surface area contributed by atoms with Gasteiger partial charge in [-0.3, -0.25) is 0 Å². The molecule has 2 aromatic heterocycles. The maximum absolute atomic E-state index is 2.49. The number of benzene rings is 9. The van der Waals surface area contributed by atoms with Crippen LogP contribution in [0.1, 0.15) is 22.3 Å². The molecule has 0 amide bonds. The van der Waals surface area contributed by atoms with Crippen molar-refractivity contribution in [2.45, 2.75) is 5.41 Å². The van der Waals surface area contributed by atoms with Gasteiger partial charge in [-0.2, -0.15) is 0 Å². The van der Waals surface area contributed by atoms with Crippen molar-refractivity contribution in [1.82, 2.24) is 4.57 Å². The summed E-state index contributed by atoms with van der Waals surface area (Å²) in [6, 6.07) is 74.7. The first-order chi connectivity index (χ1) is 27.3. The molecule has 12 rings (SSSR count). The van der Waals surface area contributed by atoms with Crippen LogP contribution >= 0.6 is 11.3 Å². The van der Waals surface area contributed by atoms with Crippen LogP contribution in [0.4, 0.5) is 0 Å². The molecular formula is C53H33NS. The summed E-state index contributed by atoms with van der Waals surface area (Å²) in [7, 11) is 0. The van der Waals surface area contributed by atoms with Gasteiger partial charge in [-0.1, -0.05) is 146 Å². The Morgan fingerprint density at radius 1 is 0.364 bits per heavy atom. The molecule has 2 heterocycles. The van der Waals surface area contributed by atoms with Crippen LogP contribution in [0.3, 0.4) is 0 Å². The molecule has 1 aliphatic carbocycles. The average Bonchev–Trinajstić information content (AvgIpc) is 3.89. The minimum Gasteiger partial charge on any atom is -0.309 e. The fourth-order valence-corrected chi connectivity index (χ4v) is 10.7. The first-order valence-corrected chi connectivity index (χ1v) is 19.8. The molecular weight excluding hydrogens is 683 g/mol. The van der Waals surface area contributed by atoms with Crippen LogP contribution in [-0.4, -0.2) is 4.57 Å². The molecule has 1 aliphatic rings. The van der Waals surface area contributed by atoms with Crippen molar-refractivity contribution in [3.63, 3.8) is 0 Å². The van der Waals surface area contributed by atoms with Crippen LogP contribution in [0.2, 0.25) is 0 Å². The zero-order chi connectivity index (χ0) is 36.1. The standard InChI is InChI=1S/C53H33NS/c1-2-12-36-31-37(22-21-34(36)11-1)35-23-27-40(28-24-35)54-49-19-9-5-15-43(49)45-32-38(25-29-50(45)54)53(47-17-7-3-13-41(47)42-14-4-8-18-48(42)53)39-26-30-52-46(33-39)44-16-6-10-20-51(44)55-52/h1-33H. The minimum absolute atomic E-state index is 0.497. The molecule has 0 atom stereocenters. The highest BCUT2D eigenvalue weighted by Crippen LogP contribution is 2.57. The number of hydrogen-bond donors (Lipinski definition) is 0. The lowest BCUT2D eigenvalue weighted by atomic mass is 9.67. The molecule has 55 heavy (non-hydrogen) atoms. The van der Waals surface area contributed by atoms with Gasteiger partial charge >= 0.3 is 0 Å². The van der Waals surface area contributed by atoms with Crippen molar-refractivity contribution in [3.8, 4) is 27.9 Å². The molecule has 0 spiro atoms. The summed E-state index contributed by atoms with van der Waals surface area (Å²) in [4.78, 5) is 0. The van der Waals surface area contributed by atoms with Crippen molar-refractivity contribution < 1.29 is 0 Å². The van der Waals surface area contributed by atoms with Crippen LogP contribution < -0.4 is 0 Å². The molecule has 0 aliphatic heterocycles. The summed E-state index contributed by atoms with van der Waals surface area (Å²) in [5, 5.41) is 7.69. The van der Waals surface area contributed by atoms with Gasteiger partial charge in [0.2, 0.25) is 0 Å². The van der Waals surface area contributed by atoms with Crippen LogP contribution in [0, 0.1) is 0 Å². The molecule has 0 radical (unpaired) electrons. The Balaban J connectivity index is 1.09. The number of aromatic nitrogens is 1. The molecule has 0 saturated heterocycles. The lowest BCUT2D eigenvalue weighted by Crippen LogP contribution is -2.28. The summed E-state index contributed by atoms with van der Waals surface area (Å²) in [5.41, 5.74) is 13.4. The fourth-order valence-electron chi connectivity index (χ4n) is 9.64. The van der Waals surface area contributed by atoms with Crippen LogP contribution in [0.15, 0.2) is 200 Å². The predicted molar refractivity (Wildman–Crippen MR) is 234 cm³/mol. The molecule has 2 heteroatoms. The third kappa shape index (κ3) is 4.35. The Bertz CT molecular complexity index is 3280. The number of para-hydroxylation sites is 1. The van der Waals surface area contributed by atoms with E-state index in [1.807, 2.05) is 11.3 Å². The zero-order valence-corrected chi connectivity index (χ0v) is 30.7. The van der Waals surface area contributed by atoms with Gasteiger partial charge in [0.1, 0.15) is 0 Å². The van der Waals surface area contributed by atoms with E-state index in [1.54, 1.807) is 0 Å². The van der Waals surface area contributed by atoms with Crippen molar-refractivity contribution in [3.05, 3.63) is 222 Å². The van der Waals surface area contributed by atoms with Gasteiger partial charge in [-0.05, 0) is 110 Å². The lowest BCUT2D eigenvalue weighted by Gasteiger charge is -2.34. The van der Waals surface area contributed by atoms with E-state index in [4.69, 9.17) is 0 Å². The largest absolute Gasteiger partial charge is 0.309 e. The maximum atomic E-state index is 2.49. The van der Waals surface area contributed by atoms with E-state index in [0.29, 0.717) is 0 Å². The monoisotopic (exact) mass is 715 g/mol. The lowest BCUT2D eigenvalue weighted by molar-refractivity contribution is 0.771. The summed E-state index contributed by atoms with van der Waals surface area (Å²) in [6.45, 7) is 0. The summed E-state index contributed by atoms with van der Waals surface area (Å²) < 4.78 is 5.09. The van der Waals surface area contributed by atoms with E-state index in [9.17, 15) is 0 Å². The van der Waals surface area contributed by atoms with E-state index in [-0.39, 0.29) is 0 Å². The quantitative estimate of drug-likeness (QED) is 0.171. The highest BCUT2D eigenvalue weighted by Gasteiger charge is 2.46. The van der Waals surface area contributed by atoms with Crippen molar-refractivity contribution >= 4 is 64.1 Å². The Kier molecular flexibility index (Phi) is 6.49. The van der Waals surface area contributed by atoms with E-state index in [2.05, 4.69) is 205 Å². The molecule has 0 N–H and O–H groups in total. The summed E-state index contributed by atoms with van der Waals surface area (Å²) in [6.07, 6.45) is 0. The summed E-state index contributed by atoms with van der Waals surface area (Å²) >= 11 is 1.88. The Morgan fingerprint density at radius 3 is 1.75 bits per heavy atom. The van der Waals surface area contributed by atoms with Gasteiger partial charge in [-0.15, -0.1) is 11.3 Å².